The summed E-state index contributed by atoms with van der Waals surface area (Å²) in [6.07, 6.45) is -0.0365. The van der Waals surface area contributed by atoms with Crippen LogP contribution >= 0.6 is 11.8 Å². The fourth-order valence-corrected chi connectivity index (χ4v) is 5.76. The van der Waals surface area contributed by atoms with Gasteiger partial charge in [-0.25, -0.2) is 5.06 Å². The number of hydroxylamine groups is 2. The van der Waals surface area contributed by atoms with Gasteiger partial charge in [0.25, 0.3) is 0 Å². The van der Waals surface area contributed by atoms with Gasteiger partial charge in [-0.3, -0.25) is 14.4 Å². The molecule has 0 N–H and O–H groups in total. The first kappa shape index (κ1) is 27.5. The molecule has 0 heterocycles. The van der Waals surface area contributed by atoms with Gasteiger partial charge in [-0.05, 0) is 37.5 Å². The number of carbonyl (C=O) groups excluding carboxylic acids is 2. The molecule has 0 radical (unpaired) electrons. The molecule has 0 aliphatic heterocycles. The summed E-state index contributed by atoms with van der Waals surface area (Å²) in [5.74, 6) is -0.926. The number of hydrogen-bond donors (Lipinski definition) is 0. The number of benzene rings is 3. The molecule has 3 rings (SSSR count). The van der Waals surface area contributed by atoms with Crippen LogP contribution in [0, 0.1) is 5.92 Å². The largest absolute Gasteiger partial charge is 0.460 e. The maximum absolute atomic E-state index is 13.3. The maximum Gasteiger partial charge on any atom is 0.307 e. The van der Waals surface area contributed by atoms with Crippen molar-refractivity contribution in [2.45, 2.75) is 37.5 Å². The Morgan fingerprint density at radius 3 is 1.58 bits per heavy atom. The minimum Gasteiger partial charge on any atom is -0.460 e. The van der Waals surface area contributed by atoms with Crippen molar-refractivity contribution < 1.29 is 19.2 Å². The molecule has 0 saturated carbocycles. The normalized spacial score (nSPS) is 12.6. The highest BCUT2D eigenvalue weighted by molar-refractivity contribution is 8.00. The lowest BCUT2D eigenvalue weighted by atomic mass is 9.84. The van der Waals surface area contributed by atoms with Gasteiger partial charge in [0.2, 0.25) is 5.91 Å². The zero-order chi connectivity index (χ0) is 26.2. The highest BCUT2D eigenvalue weighted by atomic mass is 32.2. The predicted molar refractivity (Wildman–Crippen MR) is 145 cm³/mol. The summed E-state index contributed by atoms with van der Waals surface area (Å²) in [4.78, 5) is 31.2. The van der Waals surface area contributed by atoms with E-state index in [1.807, 2.05) is 75.4 Å². The molecule has 0 aliphatic rings. The summed E-state index contributed by atoms with van der Waals surface area (Å²) in [6, 6.07) is 30.8. The third-order valence-corrected chi connectivity index (χ3v) is 7.52. The van der Waals surface area contributed by atoms with Crippen LogP contribution in [0.4, 0.5) is 0 Å². The fourth-order valence-electron chi connectivity index (χ4n) is 4.14. The van der Waals surface area contributed by atoms with Crippen LogP contribution in [0.1, 0.15) is 43.9 Å². The van der Waals surface area contributed by atoms with Crippen LogP contribution in [-0.2, 0) is 23.9 Å². The van der Waals surface area contributed by atoms with E-state index in [1.54, 1.807) is 18.8 Å². The summed E-state index contributed by atoms with van der Waals surface area (Å²) >= 11 is 1.64. The molecule has 0 saturated heterocycles. The first-order valence-corrected chi connectivity index (χ1v) is 13.0. The first-order valence-electron chi connectivity index (χ1n) is 12.0. The summed E-state index contributed by atoms with van der Waals surface area (Å²) in [6.45, 7) is 5.47. The number of rotatable bonds is 10. The number of hydrogen-bond acceptors (Lipinski definition) is 5. The van der Waals surface area contributed by atoms with Crippen molar-refractivity contribution >= 4 is 23.6 Å². The summed E-state index contributed by atoms with van der Waals surface area (Å²) in [7, 11) is 3.01. The van der Waals surface area contributed by atoms with E-state index >= 15 is 0 Å². The van der Waals surface area contributed by atoms with Gasteiger partial charge >= 0.3 is 5.97 Å². The summed E-state index contributed by atoms with van der Waals surface area (Å²) in [5.41, 5.74) is 2.65. The number of nitrogens with zero attached hydrogens (tertiary/aromatic N) is 1. The second kappa shape index (κ2) is 12.2. The Kier molecular flexibility index (Phi) is 9.35. The minimum absolute atomic E-state index is 0.0365. The van der Waals surface area contributed by atoms with E-state index < -0.39 is 22.2 Å². The monoisotopic (exact) mass is 505 g/mol. The Balaban J connectivity index is 2.07. The SMILES string of the molecule is CON(C)C(=O)C(CSC(c1ccccc1)(c1ccccc1)c1ccccc1)CC(=O)OC(C)(C)C. The molecule has 0 fully saturated rings. The Labute approximate surface area is 218 Å². The van der Waals surface area contributed by atoms with Crippen molar-refractivity contribution in [1.29, 1.82) is 0 Å². The average Bonchev–Trinajstić information content (AvgIpc) is 2.88. The highest BCUT2D eigenvalue weighted by Gasteiger charge is 2.39. The molecular formula is C30H35NO4S. The molecule has 190 valence electrons. The lowest BCUT2D eigenvalue weighted by molar-refractivity contribution is -0.175. The molecule has 0 bridgehead atoms. The molecule has 0 aliphatic carbocycles. The van der Waals surface area contributed by atoms with Crippen molar-refractivity contribution in [3.8, 4) is 0 Å². The summed E-state index contributed by atoms with van der Waals surface area (Å²) in [5, 5.41) is 1.19. The van der Waals surface area contributed by atoms with E-state index in [2.05, 4.69) is 36.4 Å². The molecule has 0 aromatic heterocycles. The number of amides is 1. The van der Waals surface area contributed by atoms with Crippen LogP contribution in [0.3, 0.4) is 0 Å². The Morgan fingerprint density at radius 1 is 0.806 bits per heavy atom. The molecule has 1 atom stereocenters. The third kappa shape index (κ3) is 6.77. The fraction of sp³-hybridized carbons (Fsp3) is 0.333. The van der Waals surface area contributed by atoms with Gasteiger partial charge in [-0.1, -0.05) is 91.0 Å². The van der Waals surface area contributed by atoms with Crippen molar-refractivity contribution in [3.05, 3.63) is 108 Å². The second-order valence-electron chi connectivity index (χ2n) is 9.60. The number of carbonyl (C=O) groups is 2. The van der Waals surface area contributed by atoms with Crippen LogP contribution in [0.2, 0.25) is 0 Å². The first-order chi connectivity index (χ1) is 17.2. The molecule has 0 spiro atoms. The minimum atomic E-state index is -0.634. The highest BCUT2D eigenvalue weighted by Crippen LogP contribution is 2.49. The molecule has 1 amide bonds. The Bertz CT molecular complexity index is 1020. The van der Waals surface area contributed by atoms with E-state index in [1.165, 1.54) is 12.2 Å². The van der Waals surface area contributed by atoms with Crippen molar-refractivity contribution in [3.63, 3.8) is 0 Å². The molecule has 5 nitrogen and oxygen atoms in total. The second-order valence-corrected chi connectivity index (χ2v) is 10.8. The smallest absolute Gasteiger partial charge is 0.307 e. The van der Waals surface area contributed by atoms with E-state index in [-0.39, 0.29) is 12.3 Å². The number of esters is 1. The third-order valence-electron chi connectivity index (χ3n) is 5.81. The van der Waals surface area contributed by atoms with Crippen molar-refractivity contribution in [2.75, 3.05) is 19.9 Å². The van der Waals surface area contributed by atoms with E-state index in [0.29, 0.717) is 5.75 Å². The predicted octanol–water partition coefficient (Wildman–Crippen LogP) is 6.08. The van der Waals surface area contributed by atoms with Crippen LogP contribution in [0.5, 0.6) is 0 Å². The number of thioether (sulfide) groups is 1. The zero-order valence-electron chi connectivity index (χ0n) is 21.6. The van der Waals surface area contributed by atoms with E-state index in [0.717, 1.165) is 16.7 Å². The lowest BCUT2D eigenvalue weighted by Gasteiger charge is -2.36. The van der Waals surface area contributed by atoms with Crippen LogP contribution in [0.25, 0.3) is 0 Å². The topological polar surface area (TPSA) is 55.8 Å². The molecule has 6 heteroatoms. The van der Waals surface area contributed by atoms with Crippen molar-refractivity contribution in [1.82, 2.24) is 5.06 Å². The van der Waals surface area contributed by atoms with Gasteiger partial charge in [0.15, 0.2) is 0 Å². The van der Waals surface area contributed by atoms with Crippen LogP contribution < -0.4 is 0 Å². The van der Waals surface area contributed by atoms with Crippen LogP contribution in [-0.4, -0.2) is 42.5 Å². The summed E-state index contributed by atoms with van der Waals surface area (Å²) < 4.78 is 4.96. The lowest BCUT2D eigenvalue weighted by Crippen LogP contribution is -2.37. The molecule has 36 heavy (non-hydrogen) atoms. The van der Waals surface area contributed by atoms with Gasteiger partial charge in [0, 0.05) is 12.8 Å². The standard InChI is InChI=1S/C30H35NO4S/c1-29(2,3)35-27(32)21-23(28(33)31(4)34-5)22-36-30(24-15-9-6-10-16-24,25-17-11-7-12-18-25)26-19-13-8-14-20-26/h6-20,23H,21-22H2,1-5H3. The Hall–Kier alpha value is -3.09. The van der Waals surface area contributed by atoms with Crippen LogP contribution in [0.15, 0.2) is 91.0 Å². The van der Waals surface area contributed by atoms with Gasteiger partial charge in [0.1, 0.15) is 5.60 Å². The maximum atomic E-state index is 13.3. The Morgan fingerprint density at radius 2 is 1.22 bits per heavy atom. The zero-order valence-corrected chi connectivity index (χ0v) is 22.5. The van der Waals surface area contributed by atoms with E-state index in [4.69, 9.17) is 9.57 Å². The molecule has 3 aromatic carbocycles. The molecule has 3 aromatic rings. The van der Waals surface area contributed by atoms with Gasteiger partial charge in [-0.15, -0.1) is 11.8 Å². The average molecular weight is 506 g/mol. The van der Waals surface area contributed by atoms with Gasteiger partial charge in [-0.2, -0.15) is 0 Å². The molecular weight excluding hydrogens is 470 g/mol. The van der Waals surface area contributed by atoms with Crippen molar-refractivity contribution in [2.24, 2.45) is 5.92 Å². The molecule has 1 unspecified atom stereocenters. The van der Waals surface area contributed by atoms with Gasteiger partial charge in [0.05, 0.1) is 24.2 Å². The number of ether oxygens (including phenoxy) is 1. The van der Waals surface area contributed by atoms with E-state index in [9.17, 15) is 9.59 Å². The van der Waals surface area contributed by atoms with Gasteiger partial charge < -0.3 is 4.74 Å². The quantitative estimate of drug-likeness (QED) is 0.190.